The van der Waals surface area contributed by atoms with Crippen LogP contribution in [0.15, 0.2) is 71.3 Å². The lowest BCUT2D eigenvalue weighted by Gasteiger charge is -2.23. The molecule has 0 saturated carbocycles. The molecule has 5 nitrogen and oxygen atoms in total. The van der Waals surface area contributed by atoms with E-state index in [1.165, 1.54) is 0 Å². The van der Waals surface area contributed by atoms with E-state index in [4.69, 9.17) is 9.68 Å². The van der Waals surface area contributed by atoms with Crippen molar-refractivity contribution in [3.05, 3.63) is 78.1 Å². The molecule has 1 saturated heterocycles. The Kier molecular flexibility index (Phi) is 5.05. The van der Waals surface area contributed by atoms with Crippen LogP contribution in [0.25, 0.3) is 21.7 Å². The van der Waals surface area contributed by atoms with E-state index in [0.717, 1.165) is 59.0 Å². The van der Waals surface area contributed by atoms with E-state index in [-0.39, 0.29) is 5.91 Å². The van der Waals surface area contributed by atoms with Crippen LogP contribution < -0.4 is 4.90 Å². The number of nitriles is 1. The van der Waals surface area contributed by atoms with Gasteiger partial charge < -0.3 is 14.2 Å². The molecular formula is C26H23N3O2. The zero-order valence-electron chi connectivity index (χ0n) is 17.3. The first-order valence-corrected chi connectivity index (χ1v) is 10.6. The number of amides is 1. The lowest BCUT2D eigenvalue weighted by Crippen LogP contribution is -2.36. The SMILES string of the molecule is N#Cc1ccc(N2CCCN(C(=O)Cc3coc4ccc5ccccc5c34)CC2)cc1. The number of carbonyl (C=O) groups excluding carboxylic acids is 1. The molecule has 2 heterocycles. The molecule has 1 fully saturated rings. The Labute approximate surface area is 181 Å². The van der Waals surface area contributed by atoms with Crippen LogP contribution >= 0.6 is 0 Å². The first kappa shape index (κ1) is 19.2. The second-order valence-corrected chi connectivity index (χ2v) is 7.98. The van der Waals surface area contributed by atoms with Gasteiger partial charge in [-0.2, -0.15) is 5.26 Å². The minimum atomic E-state index is 0.136. The number of anilines is 1. The Balaban J connectivity index is 1.32. The summed E-state index contributed by atoms with van der Waals surface area (Å²) in [5, 5.41) is 12.3. The standard InChI is InChI=1S/C26H23N3O2/c27-17-19-6-9-22(10-7-19)28-12-3-13-29(15-14-28)25(30)16-21-18-31-24-11-8-20-4-1-2-5-23(20)26(21)24/h1-2,4-11,18H,3,12-16H2. The van der Waals surface area contributed by atoms with Gasteiger partial charge in [-0.1, -0.05) is 30.3 Å². The van der Waals surface area contributed by atoms with Gasteiger partial charge in [-0.25, -0.2) is 0 Å². The van der Waals surface area contributed by atoms with Crippen LogP contribution in [0.1, 0.15) is 17.5 Å². The molecule has 1 aromatic heterocycles. The summed E-state index contributed by atoms with van der Waals surface area (Å²) >= 11 is 0. The molecule has 0 aliphatic carbocycles. The Hall–Kier alpha value is -3.78. The van der Waals surface area contributed by atoms with Crippen LogP contribution in [0.2, 0.25) is 0 Å². The second-order valence-electron chi connectivity index (χ2n) is 7.98. The van der Waals surface area contributed by atoms with Gasteiger partial charge in [0.2, 0.25) is 5.91 Å². The van der Waals surface area contributed by atoms with E-state index in [9.17, 15) is 4.79 Å². The van der Waals surface area contributed by atoms with E-state index in [1.807, 2.05) is 47.4 Å². The zero-order chi connectivity index (χ0) is 21.2. The van der Waals surface area contributed by atoms with Crippen LogP contribution in [0.3, 0.4) is 0 Å². The fraction of sp³-hybridized carbons (Fsp3) is 0.231. The first-order valence-electron chi connectivity index (χ1n) is 10.6. The number of fused-ring (bicyclic) bond motifs is 3. The van der Waals surface area contributed by atoms with E-state index < -0.39 is 0 Å². The summed E-state index contributed by atoms with van der Waals surface area (Å²) in [7, 11) is 0. The molecule has 0 unspecified atom stereocenters. The molecular weight excluding hydrogens is 386 g/mol. The third kappa shape index (κ3) is 3.73. The van der Waals surface area contributed by atoms with Crippen molar-refractivity contribution in [1.29, 1.82) is 5.26 Å². The van der Waals surface area contributed by atoms with Gasteiger partial charge >= 0.3 is 0 Å². The molecule has 0 bridgehead atoms. The molecule has 1 aliphatic rings. The summed E-state index contributed by atoms with van der Waals surface area (Å²) in [4.78, 5) is 17.4. The molecule has 4 aromatic rings. The van der Waals surface area contributed by atoms with E-state index in [0.29, 0.717) is 18.5 Å². The number of nitrogens with zero attached hydrogens (tertiary/aromatic N) is 3. The maximum absolute atomic E-state index is 13.2. The van der Waals surface area contributed by atoms with Crippen molar-refractivity contribution >= 4 is 33.3 Å². The predicted octanol–water partition coefficient (Wildman–Crippen LogP) is 4.74. The smallest absolute Gasteiger partial charge is 0.227 e. The molecule has 1 amide bonds. The fourth-order valence-electron chi connectivity index (χ4n) is 4.45. The first-order chi connectivity index (χ1) is 15.2. The van der Waals surface area contributed by atoms with E-state index in [1.54, 1.807) is 6.26 Å². The highest BCUT2D eigenvalue weighted by Crippen LogP contribution is 2.30. The van der Waals surface area contributed by atoms with Crippen LogP contribution in [0.4, 0.5) is 5.69 Å². The Bertz CT molecular complexity index is 1280. The molecule has 0 N–H and O–H groups in total. The summed E-state index contributed by atoms with van der Waals surface area (Å²) < 4.78 is 5.76. The molecule has 0 atom stereocenters. The average Bonchev–Trinajstić information content (AvgIpc) is 3.06. The van der Waals surface area contributed by atoms with Crippen molar-refractivity contribution in [2.24, 2.45) is 0 Å². The summed E-state index contributed by atoms with van der Waals surface area (Å²) in [6.07, 6.45) is 2.99. The lowest BCUT2D eigenvalue weighted by molar-refractivity contribution is -0.130. The molecule has 1 aliphatic heterocycles. The quantitative estimate of drug-likeness (QED) is 0.490. The Morgan fingerprint density at radius 1 is 0.968 bits per heavy atom. The van der Waals surface area contributed by atoms with Crippen molar-refractivity contribution < 1.29 is 9.21 Å². The highest BCUT2D eigenvalue weighted by atomic mass is 16.3. The van der Waals surface area contributed by atoms with Crippen molar-refractivity contribution in [2.45, 2.75) is 12.8 Å². The topological polar surface area (TPSA) is 60.5 Å². The fourth-order valence-corrected chi connectivity index (χ4v) is 4.45. The minimum absolute atomic E-state index is 0.136. The lowest BCUT2D eigenvalue weighted by atomic mass is 10.0. The van der Waals surface area contributed by atoms with Gasteiger partial charge in [-0.15, -0.1) is 0 Å². The molecule has 5 heteroatoms. The summed E-state index contributed by atoms with van der Waals surface area (Å²) in [5.41, 5.74) is 3.53. The zero-order valence-corrected chi connectivity index (χ0v) is 17.3. The number of hydrogen-bond donors (Lipinski definition) is 0. The predicted molar refractivity (Wildman–Crippen MR) is 122 cm³/mol. The highest BCUT2D eigenvalue weighted by molar-refractivity contribution is 6.08. The van der Waals surface area contributed by atoms with Crippen molar-refractivity contribution in [3.63, 3.8) is 0 Å². The van der Waals surface area contributed by atoms with Gasteiger partial charge in [0.25, 0.3) is 0 Å². The Morgan fingerprint density at radius 2 is 1.81 bits per heavy atom. The van der Waals surface area contributed by atoms with Crippen LogP contribution in [-0.4, -0.2) is 37.0 Å². The third-order valence-corrected chi connectivity index (χ3v) is 6.09. The molecule has 0 radical (unpaired) electrons. The molecule has 3 aromatic carbocycles. The molecule has 31 heavy (non-hydrogen) atoms. The maximum Gasteiger partial charge on any atom is 0.227 e. The van der Waals surface area contributed by atoms with Crippen LogP contribution in [0, 0.1) is 11.3 Å². The van der Waals surface area contributed by atoms with Gasteiger partial charge in [-0.3, -0.25) is 4.79 Å². The number of furan rings is 1. The van der Waals surface area contributed by atoms with Crippen LogP contribution in [-0.2, 0) is 11.2 Å². The van der Waals surface area contributed by atoms with Crippen molar-refractivity contribution in [3.8, 4) is 6.07 Å². The molecule has 0 spiro atoms. The van der Waals surface area contributed by atoms with Gasteiger partial charge in [0.05, 0.1) is 24.3 Å². The van der Waals surface area contributed by atoms with Gasteiger partial charge in [0, 0.05) is 42.8 Å². The third-order valence-electron chi connectivity index (χ3n) is 6.09. The largest absolute Gasteiger partial charge is 0.464 e. The van der Waals surface area contributed by atoms with Gasteiger partial charge in [0.1, 0.15) is 5.58 Å². The molecule has 5 rings (SSSR count). The number of benzene rings is 3. The number of hydrogen-bond acceptors (Lipinski definition) is 4. The average molecular weight is 409 g/mol. The second kappa shape index (κ2) is 8.16. The molecule has 154 valence electrons. The monoisotopic (exact) mass is 409 g/mol. The highest BCUT2D eigenvalue weighted by Gasteiger charge is 2.21. The summed E-state index contributed by atoms with van der Waals surface area (Å²) in [5.74, 6) is 0.136. The van der Waals surface area contributed by atoms with E-state index in [2.05, 4.69) is 29.2 Å². The Morgan fingerprint density at radius 3 is 2.65 bits per heavy atom. The summed E-state index contributed by atoms with van der Waals surface area (Å²) in [6, 6.07) is 22.1. The van der Waals surface area contributed by atoms with E-state index >= 15 is 0 Å². The minimum Gasteiger partial charge on any atom is -0.464 e. The van der Waals surface area contributed by atoms with Crippen molar-refractivity contribution in [1.82, 2.24) is 4.90 Å². The van der Waals surface area contributed by atoms with Crippen LogP contribution in [0.5, 0.6) is 0 Å². The number of carbonyl (C=O) groups is 1. The van der Waals surface area contributed by atoms with Gasteiger partial charge in [-0.05, 0) is 47.5 Å². The van der Waals surface area contributed by atoms with Crippen molar-refractivity contribution in [2.75, 3.05) is 31.1 Å². The summed E-state index contributed by atoms with van der Waals surface area (Å²) in [6.45, 7) is 3.12. The maximum atomic E-state index is 13.2. The normalized spacial score (nSPS) is 14.5. The number of rotatable bonds is 3. The van der Waals surface area contributed by atoms with Gasteiger partial charge in [0.15, 0.2) is 0 Å².